The molecule has 0 bridgehead atoms. The van der Waals surface area contributed by atoms with Gasteiger partial charge in [-0.05, 0) is 25.7 Å². The summed E-state index contributed by atoms with van der Waals surface area (Å²) < 4.78 is 0. The molecule has 0 unspecified atom stereocenters. The van der Waals surface area contributed by atoms with Crippen molar-refractivity contribution < 1.29 is 53.4 Å². The quantitative estimate of drug-likeness (QED) is 0.0515. The summed E-state index contributed by atoms with van der Waals surface area (Å²) in [5, 5.41) is 31.7. The highest BCUT2D eigenvalue weighted by Gasteiger charge is 2.29. The zero-order valence-corrected chi connectivity index (χ0v) is 26.7. The van der Waals surface area contributed by atoms with Crippen LogP contribution in [0.5, 0.6) is 0 Å². The Morgan fingerprint density at radius 1 is 0.717 bits per heavy atom. The van der Waals surface area contributed by atoms with Crippen LogP contribution in [0.4, 0.5) is 0 Å². The number of aliphatic hydroxyl groups excluding tert-OH is 1. The van der Waals surface area contributed by atoms with Crippen LogP contribution in [0.3, 0.4) is 0 Å². The molecule has 260 valence electrons. The van der Waals surface area contributed by atoms with Gasteiger partial charge < -0.3 is 53.6 Å². The first kappa shape index (κ1) is 41.7. The Hall–Kier alpha value is -4.30. The minimum atomic E-state index is -1.60. The maximum Gasteiger partial charge on any atom is 0.304 e. The van der Waals surface area contributed by atoms with Crippen molar-refractivity contribution in [2.45, 2.75) is 70.6 Å². The number of primary amides is 1. The largest absolute Gasteiger partial charge is 0.481 e. The minimum Gasteiger partial charge on any atom is -0.481 e. The smallest absolute Gasteiger partial charge is 0.304 e. The zero-order valence-electron chi connectivity index (χ0n) is 25.9. The number of carbonyl (C=O) groups is 9. The first-order valence-electron chi connectivity index (χ1n) is 14.2. The van der Waals surface area contributed by atoms with Gasteiger partial charge >= 0.3 is 5.97 Å². The highest BCUT2D eigenvalue weighted by molar-refractivity contribution is 8.13. The van der Waals surface area contributed by atoms with Crippen LogP contribution in [0, 0.1) is 5.92 Å². The Kier molecular flexibility index (Phi) is 20.2. The predicted molar refractivity (Wildman–Crippen MR) is 163 cm³/mol. The molecule has 46 heavy (non-hydrogen) atoms. The zero-order chi connectivity index (χ0) is 35.4. The summed E-state index contributed by atoms with van der Waals surface area (Å²) in [6.45, 7) is 2.51. The highest BCUT2D eigenvalue weighted by atomic mass is 32.2. The molecule has 0 aliphatic heterocycles. The van der Waals surface area contributed by atoms with E-state index >= 15 is 0 Å². The molecule has 0 aliphatic carbocycles. The van der Waals surface area contributed by atoms with Crippen LogP contribution in [0.1, 0.15) is 46.5 Å². The number of nitrogens with two attached hydrogens (primary N) is 2. The van der Waals surface area contributed by atoms with E-state index in [0.29, 0.717) is 0 Å². The number of carboxylic acid groups (broad SMARTS) is 1. The number of amides is 7. The third kappa shape index (κ3) is 18.5. The second-order valence-corrected chi connectivity index (χ2v) is 11.5. The molecule has 12 N–H and O–H groups in total. The molecule has 0 aromatic rings. The lowest BCUT2D eigenvalue weighted by molar-refractivity contribution is -0.136. The van der Waals surface area contributed by atoms with E-state index in [1.54, 1.807) is 13.8 Å². The van der Waals surface area contributed by atoms with Crippen molar-refractivity contribution in [3.63, 3.8) is 0 Å². The maximum atomic E-state index is 12.9. The van der Waals surface area contributed by atoms with Crippen molar-refractivity contribution in [2.75, 3.05) is 32.0 Å². The van der Waals surface area contributed by atoms with Gasteiger partial charge in [0, 0.05) is 12.2 Å². The van der Waals surface area contributed by atoms with E-state index in [1.807, 2.05) is 0 Å². The third-order valence-corrected chi connectivity index (χ3v) is 6.73. The molecule has 4 atom stereocenters. The van der Waals surface area contributed by atoms with Crippen LogP contribution in [-0.2, 0) is 43.2 Å². The molecule has 0 aromatic carbocycles. The fraction of sp³-hybridized carbons (Fsp3) is 0.654. The summed E-state index contributed by atoms with van der Waals surface area (Å²) in [4.78, 5) is 108. The average Bonchev–Trinajstić information content (AvgIpc) is 2.97. The topological polar surface area (TPSA) is 318 Å². The number of hydrogen-bond donors (Lipinski definition) is 10. The highest BCUT2D eigenvalue weighted by Crippen LogP contribution is 2.07. The molecule has 0 fully saturated rings. The van der Waals surface area contributed by atoms with E-state index in [1.165, 1.54) is 6.92 Å². The van der Waals surface area contributed by atoms with Crippen molar-refractivity contribution in [3.8, 4) is 0 Å². The second-order valence-electron chi connectivity index (χ2n) is 10.4. The molecule has 0 aromatic heterocycles. The summed E-state index contributed by atoms with van der Waals surface area (Å²) in [6.07, 6.45) is -0.668. The number of aliphatic hydroxyl groups is 1. The van der Waals surface area contributed by atoms with Gasteiger partial charge in [0.2, 0.25) is 46.5 Å². The van der Waals surface area contributed by atoms with E-state index < -0.39 is 103 Å². The van der Waals surface area contributed by atoms with Gasteiger partial charge in [-0.25, -0.2) is 0 Å². The number of carboxylic acids is 1. The summed E-state index contributed by atoms with van der Waals surface area (Å²) in [5.41, 5.74) is 10.3. The van der Waals surface area contributed by atoms with Crippen LogP contribution >= 0.6 is 11.8 Å². The van der Waals surface area contributed by atoms with Gasteiger partial charge in [-0.1, -0.05) is 25.6 Å². The predicted octanol–water partition coefficient (Wildman–Crippen LogP) is -4.83. The summed E-state index contributed by atoms with van der Waals surface area (Å²) in [5.74, 6) is -6.81. The number of aliphatic carboxylic acids is 1. The van der Waals surface area contributed by atoms with E-state index in [0.717, 1.165) is 11.8 Å². The number of carbonyl (C=O) groups excluding carboxylic acids is 8. The van der Waals surface area contributed by atoms with Crippen molar-refractivity contribution in [1.82, 2.24) is 31.9 Å². The summed E-state index contributed by atoms with van der Waals surface area (Å²) in [6, 6.07) is -5.19. The van der Waals surface area contributed by atoms with Gasteiger partial charge in [-0.3, -0.25) is 43.2 Å². The van der Waals surface area contributed by atoms with Crippen LogP contribution in [0.25, 0.3) is 0 Å². The van der Waals surface area contributed by atoms with Gasteiger partial charge in [0.25, 0.3) is 0 Å². The van der Waals surface area contributed by atoms with Crippen molar-refractivity contribution >= 4 is 64.2 Å². The van der Waals surface area contributed by atoms with E-state index in [2.05, 4.69) is 31.9 Å². The lowest BCUT2D eigenvalue weighted by atomic mass is 10.0. The fourth-order valence-corrected chi connectivity index (χ4v) is 4.19. The standard InChI is InChI=1S/C26H44N8O11S/c1-13(2)8-16(24(43)30-11-22(41)46-7-6-21(39)40)32-20(38)10-29-25(44)17(12-35)34-26(45)15(4-5-18(28)36)33-23(42)14(3)31-19(37)9-27/h13-17,35H,4-12,27H2,1-3H3,(H2,28,36)(H,29,44)(H,30,43)(H,31,37)(H,32,38)(H,33,42)(H,34,45)(H,39,40)/t14-,15-,16-,17-/m0/s1. The van der Waals surface area contributed by atoms with E-state index in [9.17, 15) is 48.3 Å². The van der Waals surface area contributed by atoms with Crippen LogP contribution in [0.15, 0.2) is 0 Å². The molecule has 0 saturated heterocycles. The van der Waals surface area contributed by atoms with Crippen molar-refractivity contribution in [2.24, 2.45) is 17.4 Å². The normalized spacial score (nSPS) is 13.3. The first-order chi connectivity index (χ1) is 21.5. The number of rotatable bonds is 22. The Labute approximate surface area is 269 Å². The first-order valence-corrected chi connectivity index (χ1v) is 15.2. The molecule has 0 saturated carbocycles. The fourth-order valence-electron chi connectivity index (χ4n) is 3.51. The summed E-state index contributed by atoms with van der Waals surface area (Å²) in [7, 11) is 0. The van der Waals surface area contributed by atoms with Gasteiger partial charge in [0.05, 0.1) is 32.7 Å². The Balaban J connectivity index is 5.21. The maximum absolute atomic E-state index is 12.9. The lowest BCUT2D eigenvalue weighted by Gasteiger charge is -2.23. The SMILES string of the molecule is CC(C)C[C@H](NC(=O)CNC(=O)[C@H](CO)NC(=O)[C@H](CCC(N)=O)NC(=O)[C@H](C)NC(=O)CN)C(=O)NCC(=O)SCCC(=O)O. The van der Waals surface area contributed by atoms with E-state index in [4.69, 9.17) is 16.6 Å². The molecule has 7 amide bonds. The Morgan fingerprint density at radius 3 is 1.85 bits per heavy atom. The molecule has 19 nitrogen and oxygen atoms in total. The molecule has 0 rings (SSSR count). The van der Waals surface area contributed by atoms with Gasteiger partial charge in [-0.15, -0.1) is 0 Å². The van der Waals surface area contributed by atoms with Crippen molar-refractivity contribution in [3.05, 3.63) is 0 Å². The second kappa shape index (κ2) is 22.2. The van der Waals surface area contributed by atoms with Crippen LogP contribution < -0.4 is 43.4 Å². The molecule has 0 heterocycles. The molecular weight excluding hydrogens is 632 g/mol. The Bertz CT molecular complexity index is 1120. The minimum absolute atomic E-state index is 0.0297. The molecule has 0 aliphatic rings. The van der Waals surface area contributed by atoms with Gasteiger partial charge in [-0.2, -0.15) is 0 Å². The van der Waals surface area contributed by atoms with Crippen molar-refractivity contribution in [1.29, 1.82) is 0 Å². The Morgan fingerprint density at radius 2 is 1.30 bits per heavy atom. The third-order valence-electron chi connectivity index (χ3n) is 5.85. The monoisotopic (exact) mass is 676 g/mol. The molecule has 0 radical (unpaired) electrons. The molecule has 20 heteroatoms. The van der Waals surface area contributed by atoms with Gasteiger partial charge in [0.15, 0.2) is 0 Å². The van der Waals surface area contributed by atoms with Crippen LogP contribution in [0.2, 0.25) is 0 Å². The van der Waals surface area contributed by atoms with Gasteiger partial charge in [0.1, 0.15) is 24.2 Å². The summed E-state index contributed by atoms with van der Waals surface area (Å²) >= 11 is 0.739. The average molecular weight is 677 g/mol. The molecular formula is C26H44N8O11S. The lowest BCUT2D eigenvalue weighted by Crippen LogP contribution is -2.58. The van der Waals surface area contributed by atoms with Crippen LogP contribution in [-0.4, -0.2) is 119 Å². The van der Waals surface area contributed by atoms with E-state index in [-0.39, 0.29) is 37.4 Å². The number of hydrogen-bond acceptors (Lipinski definition) is 12. The number of thioether (sulfide) groups is 1. The number of nitrogens with one attached hydrogen (secondary N) is 6. The molecule has 0 spiro atoms.